The maximum absolute atomic E-state index is 13.2. The summed E-state index contributed by atoms with van der Waals surface area (Å²) < 4.78 is 12.4. The maximum Gasteiger partial charge on any atom is 0.305 e. The average molecular weight is 679 g/mol. The van der Waals surface area contributed by atoms with Crippen molar-refractivity contribution in [2.24, 2.45) is 11.6 Å². The second-order valence-electron chi connectivity index (χ2n) is 12.4. The van der Waals surface area contributed by atoms with Crippen molar-refractivity contribution < 1.29 is 35.2 Å². The topological polar surface area (TPSA) is 189 Å². The molecule has 0 heterocycles. The highest BCUT2D eigenvalue weighted by Gasteiger charge is 2.28. The minimum atomic E-state index is -0.952. The lowest BCUT2D eigenvalue weighted by atomic mass is 9.84. The second kappa shape index (κ2) is 21.5. The predicted molar refractivity (Wildman–Crippen MR) is 184 cm³/mol. The van der Waals surface area contributed by atoms with Gasteiger partial charge in [-0.15, -0.1) is 0 Å². The average Bonchev–Trinajstić information content (AvgIpc) is 3.06. The Labute approximate surface area is 284 Å². The van der Waals surface area contributed by atoms with E-state index in [1.807, 2.05) is 20.1 Å². The van der Waals surface area contributed by atoms with Crippen LogP contribution in [0.2, 0.25) is 1.41 Å². The van der Waals surface area contributed by atoms with Crippen LogP contribution in [0.5, 0.6) is 5.75 Å². The van der Waals surface area contributed by atoms with E-state index in [1.54, 1.807) is 12.1 Å². The number of phenols is 1. The van der Waals surface area contributed by atoms with Crippen LogP contribution < -0.4 is 27.0 Å². The van der Waals surface area contributed by atoms with Gasteiger partial charge in [0.1, 0.15) is 19.2 Å². The number of hydrogen-bond acceptors (Lipinski definition) is 9. The molecule has 12 nitrogen and oxygen atoms in total. The number of carbonyl (C=O) groups excluding carboxylic acids is 5. The van der Waals surface area contributed by atoms with Crippen molar-refractivity contribution in [3.63, 3.8) is 0 Å². The third-order valence-corrected chi connectivity index (χ3v) is 9.25. The molecule has 1 fully saturated rings. The molecule has 1 aromatic carbocycles. The Kier molecular flexibility index (Phi) is 17.5. The van der Waals surface area contributed by atoms with Gasteiger partial charge in [-0.3, -0.25) is 24.0 Å². The number of unbranched alkanes of at least 4 members (excludes halogenated alkanes) is 2. The number of thioether (sulfide) groups is 1. The molecule has 2 rings (SSSR count). The lowest BCUT2D eigenvalue weighted by Gasteiger charge is -2.27. The summed E-state index contributed by atoms with van der Waals surface area (Å²) >= 11 is 1.51. The number of aromatic hydroxyl groups is 1. The summed E-state index contributed by atoms with van der Waals surface area (Å²) in [5.74, 6) is -1.08. The van der Waals surface area contributed by atoms with Crippen LogP contribution in [0, 0.1) is 19.8 Å². The van der Waals surface area contributed by atoms with E-state index in [1.165, 1.54) is 25.3 Å². The van der Waals surface area contributed by atoms with Gasteiger partial charge in [0.15, 0.2) is 0 Å². The van der Waals surface area contributed by atoms with E-state index in [-0.39, 0.29) is 30.6 Å². The Morgan fingerprint density at radius 3 is 2.30 bits per heavy atom. The molecule has 13 heteroatoms. The first-order valence-corrected chi connectivity index (χ1v) is 18.1. The minimum absolute atomic E-state index is 0.122. The SMILES string of the molecule is [2H]N[C@@H](Cc1c(C)cc(O)cc1C)C(=O)N[C@@H](CCSC)C(=O)NCC(=O)N[C@@H](CC1CCCCC1)C(=O)NCCCCCC(=O)OC. The van der Waals surface area contributed by atoms with Crippen LogP contribution in [0.1, 0.15) is 87.3 Å². The lowest BCUT2D eigenvalue weighted by molar-refractivity contribution is -0.140. The Morgan fingerprint density at radius 1 is 0.979 bits per heavy atom. The molecule has 0 bridgehead atoms. The molecule has 1 aromatic rings. The zero-order valence-corrected chi connectivity index (χ0v) is 29.2. The third-order valence-electron chi connectivity index (χ3n) is 8.60. The van der Waals surface area contributed by atoms with Crippen LogP contribution in [-0.4, -0.2) is 85.0 Å². The molecule has 47 heavy (non-hydrogen) atoms. The van der Waals surface area contributed by atoms with Crippen molar-refractivity contribution in [1.82, 2.24) is 21.3 Å². The van der Waals surface area contributed by atoms with Gasteiger partial charge >= 0.3 is 5.97 Å². The van der Waals surface area contributed by atoms with Crippen LogP contribution in [0.15, 0.2) is 12.1 Å². The Balaban J connectivity index is 1.97. The van der Waals surface area contributed by atoms with E-state index in [2.05, 4.69) is 31.7 Å². The lowest BCUT2D eigenvalue weighted by Crippen LogP contribution is -2.54. The fraction of sp³-hybridized carbons (Fsp3) is 0.676. The van der Waals surface area contributed by atoms with Crippen LogP contribution in [0.25, 0.3) is 0 Å². The van der Waals surface area contributed by atoms with Gasteiger partial charge in [-0.25, -0.2) is 0 Å². The monoisotopic (exact) mass is 678 g/mol. The Bertz CT molecular complexity index is 1190. The maximum atomic E-state index is 13.2. The van der Waals surface area contributed by atoms with Crippen molar-refractivity contribution >= 4 is 41.4 Å². The van der Waals surface area contributed by atoms with E-state index in [0.29, 0.717) is 50.3 Å². The molecule has 0 spiro atoms. The van der Waals surface area contributed by atoms with Crippen LogP contribution >= 0.6 is 11.8 Å². The van der Waals surface area contributed by atoms with Gasteiger partial charge in [0.05, 0.1) is 19.7 Å². The van der Waals surface area contributed by atoms with Crippen molar-refractivity contribution in [2.45, 2.75) is 109 Å². The normalized spacial score (nSPS) is 15.4. The smallest absolute Gasteiger partial charge is 0.305 e. The predicted octanol–water partition coefficient (Wildman–Crippen LogP) is 2.54. The van der Waals surface area contributed by atoms with E-state index in [0.717, 1.165) is 48.8 Å². The summed E-state index contributed by atoms with van der Waals surface area (Å²) in [5, 5.41) is 20.9. The molecule has 0 unspecified atom stereocenters. The molecule has 0 aliphatic heterocycles. The first-order valence-electron chi connectivity index (χ1n) is 17.2. The van der Waals surface area contributed by atoms with Gasteiger partial charge in [0, 0.05) is 13.0 Å². The van der Waals surface area contributed by atoms with Crippen LogP contribution in [0.4, 0.5) is 0 Å². The standard InChI is InChI=1S/C34H55N5O7S/c1-22-17-25(40)18-23(2)26(22)20-27(35)32(43)39-28(14-16-47-4)33(44)37-21-30(41)38-29(19-24-11-7-5-8-12-24)34(45)36-15-10-6-9-13-31(42)46-3/h17-18,24,27-29,40H,5-16,19-21,35H2,1-4H3,(H,36,45)(H,37,44)(H,38,41)(H,39,43)/t27-,28-,29-/m0/s1/i/hD. The van der Waals surface area contributed by atoms with Crippen molar-refractivity contribution in [3.05, 3.63) is 28.8 Å². The van der Waals surface area contributed by atoms with Crippen molar-refractivity contribution in [3.8, 4) is 5.75 Å². The van der Waals surface area contributed by atoms with E-state index in [9.17, 15) is 29.1 Å². The largest absolute Gasteiger partial charge is 0.508 e. The first-order chi connectivity index (χ1) is 23.0. The van der Waals surface area contributed by atoms with Gasteiger partial charge in [-0.1, -0.05) is 38.5 Å². The molecule has 1 aliphatic carbocycles. The highest BCUT2D eigenvalue weighted by molar-refractivity contribution is 7.98. The fourth-order valence-corrected chi connectivity index (χ4v) is 6.37. The molecule has 1 saturated carbocycles. The fourth-order valence-electron chi connectivity index (χ4n) is 5.90. The zero-order chi connectivity index (χ0) is 35.5. The highest BCUT2D eigenvalue weighted by Crippen LogP contribution is 2.27. The summed E-state index contributed by atoms with van der Waals surface area (Å²) in [4.78, 5) is 63.9. The number of amides is 4. The number of benzene rings is 1. The van der Waals surface area contributed by atoms with Gasteiger partial charge in [0.25, 0.3) is 0 Å². The Morgan fingerprint density at radius 2 is 1.66 bits per heavy atom. The summed E-state index contributed by atoms with van der Waals surface area (Å²) in [7, 11) is 1.35. The second-order valence-corrected chi connectivity index (χ2v) is 13.4. The highest BCUT2D eigenvalue weighted by atomic mass is 32.2. The third kappa shape index (κ3) is 15.0. The molecular weight excluding hydrogens is 622 g/mol. The van der Waals surface area contributed by atoms with Gasteiger partial charge in [-0.05, 0) is 92.7 Å². The van der Waals surface area contributed by atoms with Crippen LogP contribution in [0.3, 0.4) is 0 Å². The number of hydrogen-bond donors (Lipinski definition) is 6. The zero-order valence-electron chi connectivity index (χ0n) is 29.4. The quantitative estimate of drug-likeness (QED) is 0.0839. The van der Waals surface area contributed by atoms with E-state index >= 15 is 0 Å². The van der Waals surface area contributed by atoms with E-state index in [4.69, 9.17) is 1.41 Å². The van der Waals surface area contributed by atoms with Gasteiger partial charge in [-0.2, -0.15) is 11.8 Å². The molecular formula is C34H55N5O7S. The first kappa shape index (κ1) is 38.1. The number of nitrogens with one attached hydrogen (secondary N) is 4. The van der Waals surface area contributed by atoms with Crippen molar-refractivity contribution in [2.75, 3.05) is 32.2 Å². The summed E-state index contributed by atoms with van der Waals surface area (Å²) in [5.41, 5.74) is 4.68. The minimum Gasteiger partial charge on any atom is -0.508 e. The number of rotatable bonds is 21. The number of phenolic OH excluding ortho intramolecular Hbond substituents is 1. The summed E-state index contributed by atoms with van der Waals surface area (Å²) in [6.45, 7) is 3.70. The Hall–Kier alpha value is -3.32. The number of carbonyl (C=O) groups is 5. The number of nitrogens with two attached hydrogens (primary N) is 1. The van der Waals surface area contributed by atoms with Gasteiger partial charge < -0.3 is 36.8 Å². The molecule has 4 amide bonds. The number of esters is 1. The number of aryl methyl sites for hydroxylation is 2. The molecule has 0 radical (unpaired) electrons. The molecule has 3 atom stereocenters. The number of ether oxygens (including phenoxy) is 1. The van der Waals surface area contributed by atoms with Crippen LogP contribution in [-0.2, 0) is 35.1 Å². The molecule has 0 aromatic heterocycles. The van der Waals surface area contributed by atoms with E-state index < -0.39 is 35.8 Å². The molecule has 7 N–H and O–H groups in total. The van der Waals surface area contributed by atoms with Gasteiger partial charge in [0.2, 0.25) is 23.6 Å². The number of methoxy groups -OCH3 is 1. The molecule has 0 saturated heterocycles. The molecule has 1 aliphatic rings. The summed E-state index contributed by atoms with van der Waals surface area (Å²) in [6.07, 6.45) is 10.7. The van der Waals surface area contributed by atoms with Crippen molar-refractivity contribution in [1.29, 1.82) is 0 Å². The molecule has 264 valence electrons. The summed E-state index contributed by atoms with van der Waals surface area (Å²) in [6, 6.07) is 0.568.